The monoisotopic (exact) mass is 317 g/mol. The molecule has 2 atom stereocenters. The lowest BCUT2D eigenvalue weighted by molar-refractivity contribution is 0.0648. The van der Waals surface area contributed by atoms with Crippen molar-refractivity contribution in [3.8, 4) is 5.75 Å². The van der Waals surface area contributed by atoms with E-state index in [4.69, 9.17) is 4.74 Å². The first-order valence-electron chi connectivity index (χ1n) is 7.71. The van der Waals surface area contributed by atoms with E-state index < -0.39 is 0 Å². The number of hydrogen-bond acceptors (Lipinski definition) is 5. The first-order valence-corrected chi connectivity index (χ1v) is 8.48. The molecule has 1 aromatic heterocycles. The van der Waals surface area contributed by atoms with E-state index in [1.807, 2.05) is 30.0 Å². The second-order valence-corrected chi connectivity index (χ2v) is 6.87. The number of benzene rings is 1. The number of ether oxygens (including phenoxy) is 1. The Kier molecular flexibility index (Phi) is 3.31. The van der Waals surface area contributed by atoms with Gasteiger partial charge in [-0.15, -0.1) is 0 Å². The maximum atomic E-state index is 12.8. The van der Waals surface area contributed by atoms with Gasteiger partial charge in [0.15, 0.2) is 0 Å². The maximum Gasteiger partial charge on any atom is 0.274 e. The molecule has 3 heterocycles. The van der Waals surface area contributed by atoms with Gasteiger partial charge in [-0.3, -0.25) is 9.69 Å². The molecule has 6 heteroatoms. The van der Waals surface area contributed by atoms with Crippen molar-refractivity contribution in [1.29, 1.82) is 0 Å². The summed E-state index contributed by atoms with van der Waals surface area (Å²) in [6.07, 6.45) is 1.10. The fraction of sp³-hybridized carbons (Fsp3) is 0.500. The van der Waals surface area contributed by atoms with Crippen molar-refractivity contribution in [3.05, 3.63) is 23.9 Å². The first kappa shape index (κ1) is 14.0. The number of amides is 1. The Morgan fingerprint density at radius 3 is 2.95 bits per heavy atom. The molecule has 0 unspecified atom stereocenters. The molecule has 1 amide bonds. The molecule has 0 radical (unpaired) electrons. The Balaban J connectivity index is 1.63. The molecule has 0 spiro atoms. The summed E-state index contributed by atoms with van der Waals surface area (Å²) in [5.74, 6) is 0.913. The molecule has 1 aromatic carbocycles. The van der Waals surface area contributed by atoms with Crippen molar-refractivity contribution in [2.24, 2.45) is 0 Å². The van der Waals surface area contributed by atoms with Gasteiger partial charge in [0.1, 0.15) is 11.4 Å². The molecule has 4 rings (SSSR count). The Morgan fingerprint density at radius 2 is 2.27 bits per heavy atom. The van der Waals surface area contributed by atoms with Crippen LogP contribution in [0.2, 0.25) is 0 Å². The van der Waals surface area contributed by atoms with Crippen molar-refractivity contribution in [2.45, 2.75) is 25.4 Å². The van der Waals surface area contributed by atoms with E-state index in [9.17, 15) is 4.79 Å². The van der Waals surface area contributed by atoms with Gasteiger partial charge in [0.05, 0.1) is 11.3 Å². The zero-order chi connectivity index (χ0) is 15.3. The van der Waals surface area contributed by atoms with E-state index in [0.29, 0.717) is 24.4 Å². The molecular formula is C16H19N3O2S. The van der Waals surface area contributed by atoms with Crippen molar-refractivity contribution in [2.75, 3.05) is 26.7 Å². The Labute approximate surface area is 133 Å². The van der Waals surface area contributed by atoms with Crippen molar-refractivity contribution >= 4 is 27.5 Å². The van der Waals surface area contributed by atoms with Crippen LogP contribution in [-0.2, 0) is 0 Å². The summed E-state index contributed by atoms with van der Waals surface area (Å²) in [5, 5.41) is 0.939. The first-order chi connectivity index (χ1) is 10.7. The lowest BCUT2D eigenvalue weighted by atomic mass is 10.2. The zero-order valence-electron chi connectivity index (χ0n) is 12.8. The predicted octanol–water partition coefficient (Wildman–Crippen LogP) is 2.22. The molecule has 2 fully saturated rings. The summed E-state index contributed by atoms with van der Waals surface area (Å²) < 4.78 is 10.9. The van der Waals surface area contributed by atoms with Gasteiger partial charge in [0.2, 0.25) is 0 Å². The highest BCUT2D eigenvalue weighted by Gasteiger charge is 2.44. The van der Waals surface area contributed by atoms with Crippen LogP contribution < -0.4 is 4.74 Å². The van der Waals surface area contributed by atoms with Crippen molar-refractivity contribution in [1.82, 2.24) is 14.2 Å². The van der Waals surface area contributed by atoms with E-state index in [1.165, 1.54) is 11.5 Å². The standard InChI is InChI=1S/C16H19N3O2S/c1-3-21-12-4-5-13-14(7-12)22-17-15(13)16(20)19-9-10-6-11(19)8-18(10)2/h4-5,7,10-11H,3,6,8-9H2,1-2H3/t10-,11-/m0/s1. The van der Waals surface area contributed by atoms with Gasteiger partial charge in [-0.1, -0.05) is 0 Å². The number of carbonyl (C=O) groups is 1. The van der Waals surface area contributed by atoms with E-state index in [0.717, 1.165) is 35.3 Å². The largest absolute Gasteiger partial charge is 0.494 e. The number of carbonyl (C=O) groups excluding carboxylic acids is 1. The summed E-state index contributed by atoms with van der Waals surface area (Å²) in [7, 11) is 2.14. The smallest absolute Gasteiger partial charge is 0.274 e. The summed E-state index contributed by atoms with van der Waals surface area (Å²) in [4.78, 5) is 17.2. The number of nitrogens with zero attached hydrogens (tertiary/aromatic N) is 3. The minimum Gasteiger partial charge on any atom is -0.494 e. The number of likely N-dealkylation sites (tertiary alicyclic amines) is 2. The van der Waals surface area contributed by atoms with Crippen molar-refractivity contribution in [3.63, 3.8) is 0 Å². The summed E-state index contributed by atoms with van der Waals surface area (Å²) in [5.41, 5.74) is 0.596. The molecule has 2 aliphatic heterocycles. The van der Waals surface area contributed by atoms with Crippen LogP contribution in [0.25, 0.3) is 10.1 Å². The van der Waals surface area contributed by atoms with E-state index in [-0.39, 0.29) is 5.91 Å². The number of aromatic nitrogens is 1. The Bertz CT molecular complexity index is 727. The van der Waals surface area contributed by atoms with Crippen molar-refractivity contribution < 1.29 is 9.53 Å². The molecule has 116 valence electrons. The van der Waals surface area contributed by atoms with Gasteiger partial charge in [-0.25, -0.2) is 0 Å². The molecule has 2 aromatic rings. The highest BCUT2D eigenvalue weighted by atomic mass is 32.1. The SMILES string of the molecule is CCOc1ccc2c(C(=O)N3C[C@@H]4C[C@H]3CN4C)nsc2c1. The van der Waals surface area contributed by atoms with E-state index >= 15 is 0 Å². The van der Waals surface area contributed by atoms with E-state index in [1.54, 1.807) is 0 Å². The number of hydrogen-bond donors (Lipinski definition) is 0. The van der Waals surface area contributed by atoms with Crippen LogP contribution in [0.15, 0.2) is 18.2 Å². The van der Waals surface area contributed by atoms with Crippen LogP contribution >= 0.6 is 11.5 Å². The van der Waals surface area contributed by atoms with Crippen LogP contribution in [0, 0.1) is 0 Å². The fourth-order valence-corrected chi connectivity index (χ4v) is 4.38. The topological polar surface area (TPSA) is 45.7 Å². The average Bonchev–Trinajstić information content (AvgIpc) is 3.19. The molecule has 22 heavy (non-hydrogen) atoms. The fourth-order valence-electron chi connectivity index (χ4n) is 3.58. The quantitative estimate of drug-likeness (QED) is 0.871. The molecule has 0 aliphatic carbocycles. The summed E-state index contributed by atoms with van der Waals surface area (Å²) >= 11 is 1.37. The van der Waals surface area contributed by atoms with Crippen LogP contribution in [0.4, 0.5) is 0 Å². The molecule has 2 bridgehead atoms. The normalized spacial score (nSPS) is 24.4. The third-order valence-electron chi connectivity index (χ3n) is 4.73. The third kappa shape index (κ3) is 2.09. The second-order valence-electron chi connectivity index (χ2n) is 6.06. The number of piperazine rings is 1. The summed E-state index contributed by atoms with van der Waals surface area (Å²) in [6, 6.07) is 6.71. The number of fused-ring (bicyclic) bond motifs is 3. The number of likely N-dealkylation sites (N-methyl/N-ethyl adjacent to an activating group) is 1. The lowest BCUT2D eigenvalue weighted by Gasteiger charge is -2.31. The van der Waals surface area contributed by atoms with Gasteiger partial charge in [0, 0.05) is 30.6 Å². The molecule has 2 aliphatic rings. The Morgan fingerprint density at radius 1 is 1.41 bits per heavy atom. The van der Waals surface area contributed by atoms with Crippen LogP contribution in [0.1, 0.15) is 23.8 Å². The molecule has 5 nitrogen and oxygen atoms in total. The third-order valence-corrected chi connectivity index (χ3v) is 5.54. The van der Waals surface area contributed by atoms with Gasteiger partial charge >= 0.3 is 0 Å². The Hall–Kier alpha value is -1.66. The van der Waals surface area contributed by atoms with E-state index in [2.05, 4.69) is 16.3 Å². The highest BCUT2D eigenvalue weighted by Crippen LogP contribution is 2.33. The van der Waals surface area contributed by atoms with Crippen LogP contribution in [0.5, 0.6) is 5.75 Å². The summed E-state index contributed by atoms with van der Waals surface area (Å²) in [6.45, 7) is 4.41. The van der Waals surface area contributed by atoms with Crippen LogP contribution in [-0.4, -0.2) is 58.9 Å². The molecule has 0 N–H and O–H groups in total. The second kappa shape index (κ2) is 5.21. The van der Waals surface area contributed by atoms with Gasteiger partial charge < -0.3 is 9.64 Å². The van der Waals surface area contributed by atoms with Gasteiger partial charge in [-0.05, 0) is 50.1 Å². The molecule has 2 saturated heterocycles. The minimum atomic E-state index is 0.0796. The zero-order valence-corrected chi connectivity index (χ0v) is 13.6. The molecule has 0 saturated carbocycles. The average molecular weight is 317 g/mol. The minimum absolute atomic E-state index is 0.0796. The van der Waals surface area contributed by atoms with Gasteiger partial charge in [-0.2, -0.15) is 4.37 Å². The lowest BCUT2D eigenvalue weighted by Crippen LogP contribution is -2.47. The maximum absolute atomic E-state index is 12.8. The van der Waals surface area contributed by atoms with Gasteiger partial charge in [0.25, 0.3) is 5.91 Å². The molecular weight excluding hydrogens is 298 g/mol. The predicted molar refractivity (Wildman–Crippen MR) is 86.6 cm³/mol. The number of rotatable bonds is 3. The van der Waals surface area contributed by atoms with Crippen LogP contribution in [0.3, 0.4) is 0 Å². The highest BCUT2D eigenvalue weighted by molar-refractivity contribution is 7.13.